The third-order valence-electron chi connectivity index (χ3n) is 5.56. The molecule has 0 bridgehead atoms. The van der Waals surface area contributed by atoms with Crippen LogP contribution in [0.4, 0.5) is 5.69 Å². The molecule has 1 heterocycles. The molecule has 1 atom stereocenters. The van der Waals surface area contributed by atoms with Gasteiger partial charge in [-0.3, -0.25) is 10.0 Å². The lowest BCUT2D eigenvalue weighted by atomic mass is 9.99. The van der Waals surface area contributed by atoms with Crippen LogP contribution < -0.4 is 5.01 Å². The number of rotatable bonds is 8. The first-order valence-corrected chi connectivity index (χ1v) is 10.6. The third-order valence-corrected chi connectivity index (χ3v) is 5.56. The second kappa shape index (κ2) is 9.69. The Morgan fingerprint density at radius 2 is 1.80 bits per heavy atom. The third kappa shape index (κ3) is 4.44. The lowest BCUT2D eigenvalue weighted by Gasteiger charge is -2.36. The van der Waals surface area contributed by atoms with Crippen molar-refractivity contribution in [2.24, 2.45) is 0 Å². The monoisotopic (exact) mass is 404 g/mol. The summed E-state index contributed by atoms with van der Waals surface area (Å²) < 4.78 is 6.23. The summed E-state index contributed by atoms with van der Waals surface area (Å²) in [5, 5.41) is 13.6. The molecule has 3 rings (SSSR count). The quantitative estimate of drug-likeness (QED) is 0.628. The van der Waals surface area contributed by atoms with Crippen LogP contribution in [0.25, 0.3) is 11.1 Å². The minimum atomic E-state index is 0.258. The maximum absolute atomic E-state index is 9.13. The molecular weight excluding hydrogens is 372 g/mol. The first-order valence-electron chi connectivity index (χ1n) is 10.6. The number of ether oxygens (including phenoxy) is 1. The van der Waals surface area contributed by atoms with Gasteiger partial charge in [-0.15, -0.1) is 0 Å². The number of hydrazine groups is 1. The van der Waals surface area contributed by atoms with Crippen LogP contribution in [0, 0.1) is 11.3 Å². The summed E-state index contributed by atoms with van der Waals surface area (Å²) in [4.78, 5) is 2.13. The van der Waals surface area contributed by atoms with Crippen LogP contribution in [-0.4, -0.2) is 50.2 Å². The standard InChI is InChI=1S/C25H32N4O/c1-6-9-23-19(2)25(30-17-16-27(3)4)28(5)29(23)24-11-8-7-10-22(24)21-14-12-20(18-26)13-15-21/h7-8,10-15,23H,6,9,16-17H2,1-5H3. The average molecular weight is 405 g/mol. The van der Waals surface area contributed by atoms with Crippen molar-refractivity contribution in [2.75, 3.05) is 39.3 Å². The molecular formula is C25H32N4O. The van der Waals surface area contributed by atoms with Crippen molar-refractivity contribution in [3.8, 4) is 17.2 Å². The zero-order valence-corrected chi connectivity index (χ0v) is 18.7. The Hall–Kier alpha value is -2.97. The highest BCUT2D eigenvalue weighted by Crippen LogP contribution is 2.40. The van der Waals surface area contributed by atoms with E-state index in [1.54, 1.807) is 0 Å². The SMILES string of the molecule is CCCC1C(C)=C(OCCN(C)C)N(C)N1c1ccccc1-c1ccc(C#N)cc1. The Morgan fingerprint density at radius 3 is 2.43 bits per heavy atom. The van der Waals surface area contributed by atoms with E-state index < -0.39 is 0 Å². The fourth-order valence-electron chi connectivity index (χ4n) is 4.00. The summed E-state index contributed by atoms with van der Waals surface area (Å²) in [5.74, 6) is 0.949. The molecule has 0 fully saturated rings. The van der Waals surface area contributed by atoms with Crippen molar-refractivity contribution >= 4 is 5.69 Å². The molecule has 5 heteroatoms. The van der Waals surface area contributed by atoms with Crippen LogP contribution in [0.1, 0.15) is 32.3 Å². The van der Waals surface area contributed by atoms with Gasteiger partial charge in [0.1, 0.15) is 6.61 Å². The zero-order chi connectivity index (χ0) is 21.7. The molecule has 5 nitrogen and oxygen atoms in total. The Bertz CT molecular complexity index is 927. The fourth-order valence-corrected chi connectivity index (χ4v) is 4.00. The molecule has 0 radical (unpaired) electrons. The van der Waals surface area contributed by atoms with Gasteiger partial charge in [0.2, 0.25) is 5.88 Å². The molecule has 0 saturated carbocycles. The number of anilines is 1. The topological polar surface area (TPSA) is 42.7 Å². The molecule has 0 aliphatic carbocycles. The highest BCUT2D eigenvalue weighted by molar-refractivity contribution is 5.79. The maximum Gasteiger partial charge on any atom is 0.209 e. The second-order valence-corrected chi connectivity index (χ2v) is 8.02. The van der Waals surface area contributed by atoms with E-state index in [9.17, 15) is 0 Å². The van der Waals surface area contributed by atoms with E-state index in [1.807, 2.05) is 24.3 Å². The Labute approximate surface area is 180 Å². The van der Waals surface area contributed by atoms with Gasteiger partial charge in [-0.05, 0) is 51.2 Å². The maximum atomic E-state index is 9.13. The molecule has 1 unspecified atom stereocenters. The van der Waals surface area contributed by atoms with Crippen LogP contribution in [0.2, 0.25) is 0 Å². The number of para-hydroxylation sites is 1. The molecule has 0 spiro atoms. The van der Waals surface area contributed by atoms with Gasteiger partial charge in [0.05, 0.1) is 23.4 Å². The highest BCUT2D eigenvalue weighted by atomic mass is 16.5. The van der Waals surface area contributed by atoms with Gasteiger partial charge in [0, 0.05) is 24.7 Å². The molecule has 1 aliphatic heterocycles. The Kier molecular flexibility index (Phi) is 7.02. The number of nitrogens with zero attached hydrogens (tertiary/aromatic N) is 4. The van der Waals surface area contributed by atoms with Gasteiger partial charge in [-0.2, -0.15) is 5.26 Å². The molecule has 158 valence electrons. The van der Waals surface area contributed by atoms with Crippen molar-refractivity contribution in [2.45, 2.75) is 32.7 Å². The van der Waals surface area contributed by atoms with Gasteiger partial charge >= 0.3 is 0 Å². The normalized spacial score (nSPS) is 16.4. The van der Waals surface area contributed by atoms with Gasteiger partial charge in [0.25, 0.3) is 0 Å². The van der Waals surface area contributed by atoms with Crippen molar-refractivity contribution < 1.29 is 4.74 Å². The number of likely N-dealkylation sites (N-methyl/N-ethyl adjacent to an activating group) is 1. The van der Waals surface area contributed by atoms with E-state index in [0.29, 0.717) is 12.2 Å². The minimum Gasteiger partial charge on any atom is -0.477 e. The molecule has 2 aromatic carbocycles. The average Bonchev–Trinajstić information content (AvgIpc) is 2.98. The summed E-state index contributed by atoms with van der Waals surface area (Å²) in [7, 11) is 6.20. The molecule has 0 aromatic heterocycles. The first kappa shape index (κ1) is 21.7. The van der Waals surface area contributed by atoms with Crippen molar-refractivity contribution in [1.29, 1.82) is 5.26 Å². The van der Waals surface area contributed by atoms with E-state index in [2.05, 4.69) is 80.2 Å². The summed E-state index contributed by atoms with van der Waals surface area (Å²) in [6, 6.07) is 18.7. The van der Waals surface area contributed by atoms with Crippen LogP contribution in [0.3, 0.4) is 0 Å². The van der Waals surface area contributed by atoms with Gasteiger partial charge < -0.3 is 9.64 Å². The predicted molar refractivity (Wildman–Crippen MR) is 123 cm³/mol. The molecule has 2 aromatic rings. The summed E-state index contributed by atoms with van der Waals surface area (Å²) in [5.41, 5.74) is 5.35. The Balaban J connectivity index is 1.97. The second-order valence-electron chi connectivity index (χ2n) is 8.02. The van der Waals surface area contributed by atoms with Crippen LogP contribution >= 0.6 is 0 Å². The lowest BCUT2D eigenvalue weighted by molar-refractivity contribution is 0.117. The molecule has 30 heavy (non-hydrogen) atoms. The Morgan fingerprint density at radius 1 is 1.10 bits per heavy atom. The summed E-state index contributed by atoms with van der Waals surface area (Å²) in [6.07, 6.45) is 2.15. The van der Waals surface area contributed by atoms with Crippen molar-refractivity contribution in [1.82, 2.24) is 9.91 Å². The van der Waals surface area contributed by atoms with E-state index in [4.69, 9.17) is 10.00 Å². The number of benzene rings is 2. The van der Waals surface area contributed by atoms with E-state index in [0.717, 1.165) is 42.1 Å². The van der Waals surface area contributed by atoms with Crippen LogP contribution in [0.15, 0.2) is 60.0 Å². The summed E-state index contributed by atoms with van der Waals surface area (Å²) in [6.45, 7) is 5.95. The summed E-state index contributed by atoms with van der Waals surface area (Å²) >= 11 is 0. The zero-order valence-electron chi connectivity index (χ0n) is 18.7. The van der Waals surface area contributed by atoms with Crippen LogP contribution in [0.5, 0.6) is 0 Å². The number of hydrogen-bond acceptors (Lipinski definition) is 5. The molecule has 0 amide bonds. The van der Waals surface area contributed by atoms with Gasteiger partial charge in [-0.25, -0.2) is 0 Å². The highest BCUT2D eigenvalue weighted by Gasteiger charge is 2.36. The van der Waals surface area contributed by atoms with E-state index in [1.165, 1.54) is 5.57 Å². The number of hydrogen-bond donors (Lipinski definition) is 0. The van der Waals surface area contributed by atoms with Crippen molar-refractivity contribution in [3.05, 3.63) is 65.6 Å². The van der Waals surface area contributed by atoms with Crippen molar-refractivity contribution in [3.63, 3.8) is 0 Å². The smallest absolute Gasteiger partial charge is 0.209 e. The largest absolute Gasteiger partial charge is 0.477 e. The van der Waals surface area contributed by atoms with Gasteiger partial charge in [-0.1, -0.05) is 43.7 Å². The molecule has 1 aliphatic rings. The predicted octanol–water partition coefficient (Wildman–Crippen LogP) is 4.87. The van der Waals surface area contributed by atoms with E-state index >= 15 is 0 Å². The minimum absolute atomic E-state index is 0.258. The number of nitriles is 1. The molecule has 0 saturated heterocycles. The first-order chi connectivity index (χ1) is 14.5. The fraction of sp³-hybridized carbons (Fsp3) is 0.400. The lowest BCUT2D eigenvalue weighted by Crippen LogP contribution is -2.41. The van der Waals surface area contributed by atoms with Gasteiger partial charge in [0.15, 0.2) is 0 Å². The van der Waals surface area contributed by atoms with E-state index in [-0.39, 0.29) is 6.04 Å². The van der Waals surface area contributed by atoms with Crippen LogP contribution in [-0.2, 0) is 4.74 Å². The molecule has 0 N–H and O–H groups in total.